The van der Waals surface area contributed by atoms with Crippen LogP contribution in [0, 0.1) is 5.82 Å². The van der Waals surface area contributed by atoms with Crippen LogP contribution in [0.4, 0.5) is 10.1 Å². The van der Waals surface area contributed by atoms with Crippen molar-refractivity contribution in [1.29, 1.82) is 0 Å². The van der Waals surface area contributed by atoms with Gasteiger partial charge in [0.2, 0.25) is 0 Å². The molecule has 1 aromatic rings. The Morgan fingerprint density at radius 1 is 1.55 bits per heavy atom. The number of halogens is 2. The van der Waals surface area contributed by atoms with Crippen molar-refractivity contribution in [2.75, 3.05) is 9.79 Å². The molecule has 0 aromatic heterocycles. The van der Waals surface area contributed by atoms with E-state index in [0.29, 0.717) is 4.90 Å². The van der Waals surface area contributed by atoms with Gasteiger partial charge >= 0.3 is 0 Å². The van der Waals surface area contributed by atoms with E-state index in [1.54, 1.807) is 6.07 Å². The summed E-state index contributed by atoms with van der Waals surface area (Å²) in [5.41, 5.74) is 0.793. The van der Waals surface area contributed by atoms with Crippen molar-refractivity contribution in [2.24, 2.45) is 0 Å². The fraction of sp³-hybridized carbons (Fsp3) is 0.143. The Morgan fingerprint density at radius 3 is 2.73 bits per heavy atom. The molecule has 0 bridgehead atoms. The molecule has 0 aliphatic rings. The van der Waals surface area contributed by atoms with Gasteiger partial charge in [-0.3, -0.25) is 0 Å². The zero-order valence-electron chi connectivity index (χ0n) is 5.90. The topological polar surface area (TPSA) is 12.0 Å². The van der Waals surface area contributed by atoms with Crippen molar-refractivity contribution >= 4 is 40.3 Å². The predicted octanol–water partition coefficient (Wildman–Crippen LogP) is 3.31. The Morgan fingerprint density at radius 2 is 2.27 bits per heavy atom. The third-order valence-electron chi connectivity index (χ3n) is 1.26. The molecule has 0 aliphatic carbocycles. The molecule has 11 heavy (non-hydrogen) atoms. The molecule has 0 aliphatic heterocycles. The summed E-state index contributed by atoms with van der Waals surface area (Å²) < 4.78 is 15.8. The zero-order chi connectivity index (χ0) is 8.27. The van der Waals surface area contributed by atoms with Crippen molar-refractivity contribution < 1.29 is 4.39 Å². The second-order valence-corrected chi connectivity index (χ2v) is 3.33. The number of anilines is 1. The molecular formula is C7H7FINS. The molecule has 0 saturated heterocycles. The zero-order valence-corrected chi connectivity index (χ0v) is 8.87. The fourth-order valence-electron chi connectivity index (χ4n) is 0.725. The van der Waals surface area contributed by atoms with Crippen LogP contribution < -0.4 is 3.53 Å². The lowest BCUT2D eigenvalue weighted by Crippen LogP contribution is -1.83. The average Bonchev–Trinajstić information content (AvgIpc) is 2.04. The van der Waals surface area contributed by atoms with E-state index < -0.39 is 0 Å². The highest BCUT2D eigenvalue weighted by Crippen LogP contribution is 2.22. The number of nitrogens with one attached hydrogen (secondary N) is 1. The number of thioether (sulfide) groups is 1. The molecule has 0 unspecified atom stereocenters. The molecule has 60 valence electrons. The Hall–Kier alpha value is 0.0300. The molecule has 0 radical (unpaired) electrons. The number of rotatable bonds is 2. The van der Waals surface area contributed by atoms with E-state index in [4.69, 9.17) is 0 Å². The van der Waals surface area contributed by atoms with Crippen LogP contribution in [0.25, 0.3) is 0 Å². The van der Waals surface area contributed by atoms with E-state index in [-0.39, 0.29) is 5.82 Å². The van der Waals surface area contributed by atoms with Crippen molar-refractivity contribution in [3.63, 3.8) is 0 Å². The van der Waals surface area contributed by atoms with E-state index >= 15 is 0 Å². The van der Waals surface area contributed by atoms with Gasteiger partial charge in [-0.25, -0.2) is 4.39 Å². The van der Waals surface area contributed by atoms with Gasteiger partial charge in [0.15, 0.2) is 0 Å². The van der Waals surface area contributed by atoms with Crippen LogP contribution >= 0.6 is 34.6 Å². The van der Waals surface area contributed by atoms with Gasteiger partial charge in [0.05, 0.1) is 22.9 Å². The molecule has 1 nitrogen and oxygen atoms in total. The Balaban J connectivity index is 2.99. The lowest BCUT2D eigenvalue weighted by atomic mass is 10.3. The molecule has 0 fully saturated rings. The lowest BCUT2D eigenvalue weighted by Gasteiger charge is -2.01. The first-order valence-corrected chi connectivity index (χ1v) is 5.28. The van der Waals surface area contributed by atoms with Gasteiger partial charge in [0, 0.05) is 10.6 Å². The highest BCUT2D eigenvalue weighted by molar-refractivity contribution is 14.1. The molecule has 1 aromatic carbocycles. The van der Waals surface area contributed by atoms with Gasteiger partial charge < -0.3 is 3.53 Å². The van der Waals surface area contributed by atoms with Crippen LogP contribution in [0.3, 0.4) is 0 Å². The SMILES string of the molecule is CSc1ccc(NI)cc1F. The molecule has 4 heteroatoms. The number of hydrogen-bond acceptors (Lipinski definition) is 2. The van der Waals surface area contributed by atoms with Crippen LogP contribution in [-0.2, 0) is 0 Å². The summed E-state index contributed by atoms with van der Waals surface area (Å²) in [5, 5.41) is 0. The smallest absolute Gasteiger partial charge is 0.138 e. The number of benzene rings is 1. The average molecular weight is 283 g/mol. The van der Waals surface area contributed by atoms with Crippen LogP contribution in [-0.4, -0.2) is 6.26 Å². The summed E-state index contributed by atoms with van der Waals surface area (Å²) in [5.74, 6) is -0.167. The minimum absolute atomic E-state index is 0.167. The predicted molar refractivity (Wildman–Crippen MR) is 55.8 cm³/mol. The van der Waals surface area contributed by atoms with Crippen molar-refractivity contribution in [3.05, 3.63) is 24.0 Å². The maximum Gasteiger partial charge on any atom is 0.138 e. The standard InChI is InChI=1S/C7H7FINS/c1-11-7-3-2-5(10-9)4-6(7)8/h2-4,10H,1H3. The fourth-order valence-corrected chi connectivity index (χ4v) is 1.52. The first-order chi connectivity index (χ1) is 5.27. The molecule has 0 atom stereocenters. The summed E-state index contributed by atoms with van der Waals surface area (Å²) >= 11 is 3.38. The summed E-state index contributed by atoms with van der Waals surface area (Å²) in [7, 11) is 0. The largest absolute Gasteiger partial charge is 0.328 e. The van der Waals surface area contributed by atoms with Crippen molar-refractivity contribution in [1.82, 2.24) is 0 Å². The van der Waals surface area contributed by atoms with E-state index in [1.807, 2.05) is 35.2 Å². The molecule has 0 heterocycles. The minimum atomic E-state index is -0.167. The summed E-state index contributed by atoms with van der Waals surface area (Å²) in [6.07, 6.45) is 1.86. The first kappa shape index (κ1) is 9.12. The van der Waals surface area contributed by atoms with Gasteiger partial charge in [-0.05, 0) is 24.5 Å². The van der Waals surface area contributed by atoms with Crippen LogP contribution in [0.5, 0.6) is 0 Å². The van der Waals surface area contributed by atoms with Crippen molar-refractivity contribution in [3.8, 4) is 0 Å². The molecule has 0 spiro atoms. The summed E-state index contributed by atoms with van der Waals surface area (Å²) in [6.45, 7) is 0. The molecule has 1 rings (SSSR count). The van der Waals surface area contributed by atoms with Crippen LogP contribution in [0.15, 0.2) is 23.1 Å². The Labute approximate surface area is 83.3 Å². The number of hydrogen-bond donors (Lipinski definition) is 1. The normalized spacial score (nSPS) is 9.73. The monoisotopic (exact) mass is 283 g/mol. The van der Waals surface area contributed by atoms with Gasteiger partial charge in [0.25, 0.3) is 0 Å². The van der Waals surface area contributed by atoms with E-state index in [1.165, 1.54) is 17.8 Å². The quantitative estimate of drug-likeness (QED) is 0.507. The van der Waals surface area contributed by atoms with Gasteiger partial charge in [-0.1, -0.05) is 0 Å². The maximum absolute atomic E-state index is 13.0. The minimum Gasteiger partial charge on any atom is -0.328 e. The molecule has 0 saturated carbocycles. The second-order valence-electron chi connectivity index (χ2n) is 1.94. The highest BCUT2D eigenvalue weighted by atomic mass is 127. The third-order valence-corrected chi connectivity index (χ3v) is 2.65. The van der Waals surface area contributed by atoms with Gasteiger partial charge in [-0.2, -0.15) is 0 Å². The molecular weight excluding hydrogens is 276 g/mol. The van der Waals surface area contributed by atoms with Crippen LogP contribution in [0.2, 0.25) is 0 Å². The first-order valence-electron chi connectivity index (χ1n) is 2.98. The van der Waals surface area contributed by atoms with Gasteiger partial charge in [0.1, 0.15) is 5.82 Å². The Bertz CT molecular complexity index is 254. The summed E-state index contributed by atoms with van der Waals surface area (Å²) in [6, 6.07) is 5.10. The second kappa shape index (κ2) is 4.15. The van der Waals surface area contributed by atoms with E-state index in [0.717, 1.165) is 5.69 Å². The van der Waals surface area contributed by atoms with Crippen LogP contribution in [0.1, 0.15) is 0 Å². The van der Waals surface area contributed by atoms with Crippen molar-refractivity contribution in [2.45, 2.75) is 4.90 Å². The highest BCUT2D eigenvalue weighted by Gasteiger charge is 2.00. The van der Waals surface area contributed by atoms with Gasteiger partial charge in [-0.15, -0.1) is 11.8 Å². The summed E-state index contributed by atoms with van der Waals surface area (Å²) in [4.78, 5) is 0.681. The third kappa shape index (κ3) is 2.23. The Kier molecular flexibility index (Phi) is 3.45. The lowest BCUT2D eigenvalue weighted by molar-refractivity contribution is 0.603. The maximum atomic E-state index is 13.0. The van der Waals surface area contributed by atoms with E-state index in [9.17, 15) is 4.39 Å². The molecule has 1 N–H and O–H groups in total. The molecule has 0 amide bonds. The van der Waals surface area contributed by atoms with E-state index in [2.05, 4.69) is 3.53 Å².